The molecule has 1 aromatic carbocycles. The summed E-state index contributed by atoms with van der Waals surface area (Å²) in [4.78, 5) is 0. The Labute approximate surface area is 126 Å². The summed E-state index contributed by atoms with van der Waals surface area (Å²) < 4.78 is 11.0. The highest BCUT2D eigenvalue weighted by Crippen LogP contribution is 2.36. The third kappa shape index (κ3) is 3.87. The van der Waals surface area contributed by atoms with Gasteiger partial charge >= 0.3 is 0 Å². The van der Waals surface area contributed by atoms with E-state index in [9.17, 15) is 0 Å². The van der Waals surface area contributed by atoms with Crippen molar-refractivity contribution in [3.05, 3.63) is 28.8 Å². The average Bonchev–Trinajstić information content (AvgIpc) is 2.49. The highest BCUT2D eigenvalue weighted by molar-refractivity contribution is 6.30. The number of nitrogens with one attached hydrogen (secondary N) is 1. The van der Waals surface area contributed by atoms with E-state index in [0.717, 1.165) is 49.8 Å². The van der Waals surface area contributed by atoms with E-state index >= 15 is 0 Å². The van der Waals surface area contributed by atoms with Gasteiger partial charge in [0.25, 0.3) is 0 Å². The summed E-state index contributed by atoms with van der Waals surface area (Å²) in [6, 6.07) is 6.15. The van der Waals surface area contributed by atoms with Crippen LogP contribution in [0.15, 0.2) is 18.2 Å². The van der Waals surface area contributed by atoms with Crippen molar-refractivity contribution in [3.8, 4) is 5.75 Å². The molecule has 0 bridgehead atoms. The molecule has 0 aliphatic carbocycles. The maximum Gasteiger partial charge on any atom is 0.123 e. The van der Waals surface area contributed by atoms with Gasteiger partial charge in [0.15, 0.2) is 0 Å². The predicted molar refractivity (Wildman–Crippen MR) is 82.6 cm³/mol. The summed E-state index contributed by atoms with van der Waals surface area (Å²) in [5.41, 5.74) is 1.17. The van der Waals surface area contributed by atoms with Crippen molar-refractivity contribution in [1.82, 2.24) is 5.32 Å². The van der Waals surface area contributed by atoms with E-state index < -0.39 is 0 Å². The highest BCUT2D eigenvalue weighted by Gasteiger charge is 2.27. The number of benzene rings is 1. The minimum absolute atomic E-state index is 0.285. The number of hydrogen-bond acceptors (Lipinski definition) is 3. The Hall–Kier alpha value is -0.770. The van der Waals surface area contributed by atoms with Crippen LogP contribution in [0.2, 0.25) is 5.02 Å². The summed E-state index contributed by atoms with van der Waals surface area (Å²) in [6.07, 6.45) is 3.27. The number of methoxy groups -OCH3 is 1. The Morgan fingerprint density at radius 1 is 1.40 bits per heavy atom. The minimum atomic E-state index is 0.285. The van der Waals surface area contributed by atoms with E-state index in [1.54, 1.807) is 7.11 Å². The number of rotatable bonds is 6. The first kappa shape index (κ1) is 15.6. The van der Waals surface area contributed by atoms with E-state index in [1.165, 1.54) is 5.56 Å². The molecule has 112 valence electrons. The summed E-state index contributed by atoms with van der Waals surface area (Å²) in [5, 5.41) is 4.42. The van der Waals surface area contributed by atoms with E-state index in [2.05, 4.69) is 12.2 Å². The van der Waals surface area contributed by atoms with Crippen LogP contribution in [-0.2, 0) is 4.74 Å². The molecule has 0 saturated carbocycles. The van der Waals surface area contributed by atoms with Gasteiger partial charge in [-0.1, -0.05) is 18.5 Å². The van der Waals surface area contributed by atoms with E-state index in [1.807, 2.05) is 18.2 Å². The summed E-state index contributed by atoms with van der Waals surface area (Å²) in [7, 11) is 1.72. The van der Waals surface area contributed by atoms with Gasteiger partial charge in [0, 0.05) is 29.8 Å². The Balaban J connectivity index is 2.26. The van der Waals surface area contributed by atoms with Gasteiger partial charge < -0.3 is 14.8 Å². The van der Waals surface area contributed by atoms with Gasteiger partial charge in [0.05, 0.1) is 7.11 Å². The zero-order chi connectivity index (χ0) is 14.4. The van der Waals surface area contributed by atoms with Crippen LogP contribution >= 0.6 is 11.6 Å². The molecule has 0 spiro atoms. The largest absolute Gasteiger partial charge is 0.496 e. The number of hydrogen-bond donors (Lipinski definition) is 1. The first-order valence-electron chi connectivity index (χ1n) is 7.40. The molecule has 1 aromatic rings. The monoisotopic (exact) mass is 297 g/mol. The summed E-state index contributed by atoms with van der Waals surface area (Å²) in [5.74, 6) is 1.48. The molecule has 20 heavy (non-hydrogen) atoms. The van der Waals surface area contributed by atoms with E-state index in [0.29, 0.717) is 5.92 Å². The fourth-order valence-corrected chi connectivity index (χ4v) is 3.01. The first-order chi connectivity index (χ1) is 9.76. The van der Waals surface area contributed by atoms with Gasteiger partial charge in [-0.15, -0.1) is 0 Å². The van der Waals surface area contributed by atoms with Gasteiger partial charge in [0.2, 0.25) is 0 Å². The zero-order valence-electron chi connectivity index (χ0n) is 12.3. The van der Waals surface area contributed by atoms with Crippen LogP contribution in [0.25, 0.3) is 0 Å². The second kappa shape index (κ2) is 7.87. The lowest BCUT2D eigenvalue weighted by Gasteiger charge is -2.32. The van der Waals surface area contributed by atoms with Gasteiger partial charge in [-0.25, -0.2) is 0 Å². The normalized spacial score (nSPS) is 17.9. The number of ether oxygens (including phenoxy) is 2. The van der Waals surface area contributed by atoms with Crippen molar-refractivity contribution in [3.63, 3.8) is 0 Å². The Kier molecular flexibility index (Phi) is 6.14. The highest BCUT2D eigenvalue weighted by atomic mass is 35.5. The quantitative estimate of drug-likeness (QED) is 0.866. The SMILES string of the molecule is CCCNC(c1cc(Cl)ccc1OC)C1CCOCC1. The second-order valence-corrected chi connectivity index (χ2v) is 5.70. The van der Waals surface area contributed by atoms with Crippen molar-refractivity contribution >= 4 is 11.6 Å². The van der Waals surface area contributed by atoms with Crippen LogP contribution in [0, 0.1) is 5.92 Å². The van der Waals surface area contributed by atoms with Crippen molar-refractivity contribution in [2.45, 2.75) is 32.2 Å². The molecule has 1 fully saturated rings. The smallest absolute Gasteiger partial charge is 0.123 e. The van der Waals surface area contributed by atoms with Crippen molar-refractivity contribution in [2.75, 3.05) is 26.9 Å². The molecule has 3 nitrogen and oxygen atoms in total. The zero-order valence-corrected chi connectivity index (χ0v) is 13.1. The topological polar surface area (TPSA) is 30.5 Å². The molecule has 1 atom stereocenters. The van der Waals surface area contributed by atoms with Crippen molar-refractivity contribution < 1.29 is 9.47 Å². The molecular weight excluding hydrogens is 274 g/mol. The van der Waals surface area contributed by atoms with Gasteiger partial charge in [-0.3, -0.25) is 0 Å². The van der Waals surface area contributed by atoms with Crippen LogP contribution in [-0.4, -0.2) is 26.9 Å². The van der Waals surface area contributed by atoms with E-state index in [4.69, 9.17) is 21.1 Å². The van der Waals surface area contributed by atoms with Crippen LogP contribution in [0.3, 0.4) is 0 Å². The lowest BCUT2D eigenvalue weighted by Crippen LogP contribution is -2.33. The summed E-state index contributed by atoms with van der Waals surface area (Å²) in [6.45, 7) is 4.87. The van der Waals surface area contributed by atoms with Gasteiger partial charge in [-0.05, 0) is 49.9 Å². The second-order valence-electron chi connectivity index (χ2n) is 5.27. The standard InChI is InChI=1S/C16H24ClNO2/c1-3-8-18-16(12-6-9-20-10-7-12)14-11-13(17)4-5-15(14)19-2/h4-5,11-12,16,18H,3,6-10H2,1-2H3. The lowest BCUT2D eigenvalue weighted by atomic mass is 9.86. The molecule has 4 heteroatoms. The van der Waals surface area contributed by atoms with Gasteiger partial charge in [0.1, 0.15) is 5.75 Å². The minimum Gasteiger partial charge on any atom is -0.496 e. The summed E-state index contributed by atoms with van der Waals surface area (Å²) >= 11 is 6.18. The van der Waals surface area contributed by atoms with Crippen LogP contribution < -0.4 is 10.1 Å². The molecule has 1 aliphatic rings. The molecule has 0 radical (unpaired) electrons. The fourth-order valence-electron chi connectivity index (χ4n) is 2.83. The van der Waals surface area contributed by atoms with Crippen LogP contribution in [0.5, 0.6) is 5.75 Å². The molecule has 1 saturated heterocycles. The van der Waals surface area contributed by atoms with Crippen molar-refractivity contribution in [1.29, 1.82) is 0 Å². The molecule has 1 unspecified atom stereocenters. The Morgan fingerprint density at radius 2 is 2.15 bits per heavy atom. The lowest BCUT2D eigenvalue weighted by molar-refractivity contribution is 0.0533. The molecule has 0 amide bonds. The van der Waals surface area contributed by atoms with Crippen LogP contribution in [0.4, 0.5) is 0 Å². The molecule has 1 N–H and O–H groups in total. The maximum absolute atomic E-state index is 6.18. The van der Waals surface area contributed by atoms with Crippen molar-refractivity contribution in [2.24, 2.45) is 5.92 Å². The Morgan fingerprint density at radius 3 is 2.80 bits per heavy atom. The maximum atomic E-state index is 6.18. The van der Waals surface area contributed by atoms with Gasteiger partial charge in [-0.2, -0.15) is 0 Å². The molecular formula is C16H24ClNO2. The fraction of sp³-hybridized carbons (Fsp3) is 0.625. The molecule has 1 aliphatic heterocycles. The average molecular weight is 298 g/mol. The van der Waals surface area contributed by atoms with Crippen LogP contribution in [0.1, 0.15) is 37.8 Å². The third-order valence-corrected chi connectivity index (χ3v) is 4.11. The molecule has 1 heterocycles. The van der Waals surface area contributed by atoms with E-state index in [-0.39, 0.29) is 6.04 Å². The molecule has 0 aromatic heterocycles. The molecule has 2 rings (SSSR count). The predicted octanol–water partition coefficient (Wildman–Crippen LogP) is 3.82. The third-order valence-electron chi connectivity index (χ3n) is 3.88. The Bertz CT molecular complexity index is 419. The first-order valence-corrected chi connectivity index (χ1v) is 7.78. The number of halogens is 1.